The molecule has 0 atom stereocenters. The van der Waals surface area contributed by atoms with Crippen LogP contribution >= 0.6 is 0 Å². The van der Waals surface area contributed by atoms with E-state index in [1.54, 1.807) is 0 Å². The van der Waals surface area contributed by atoms with E-state index in [0.717, 1.165) is 67.3 Å². The SMILES string of the molecule is c1ccc(N(c2ccc3oc4ccc5ccccc5c4c3c2)c2ccccc2N(c2ccccc2)c2ccc3c4ccccc4n(-c4ccccc4)c3c2)cc1. The van der Waals surface area contributed by atoms with Crippen molar-refractivity contribution >= 4 is 88.6 Å². The first-order chi connectivity index (χ1) is 27.8. The lowest BCUT2D eigenvalue weighted by Crippen LogP contribution is -2.17. The van der Waals surface area contributed by atoms with Crippen LogP contribution in [0.2, 0.25) is 0 Å². The van der Waals surface area contributed by atoms with Gasteiger partial charge in [0.1, 0.15) is 11.2 Å². The van der Waals surface area contributed by atoms with Crippen LogP contribution in [0.3, 0.4) is 0 Å². The number of para-hydroxylation sites is 6. The summed E-state index contributed by atoms with van der Waals surface area (Å²) >= 11 is 0. The van der Waals surface area contributed by atoms with Crippen molar-refractivity contribution < 1.29 is 4.42 Å². The van der Waals surface area contributed by atoms with Crippen molar-refractivity contribution in [3.63, 3.8) is 0 Å². The van der Waals surface area contributed by atoms with E-state index in [1.165, 1.54) is 27.1 Å². The molecule has 0 aliphatic carbocycles. The summed E-state index contributed by atoms with van der Waals surface area (Å²) in [5, 5.41) is 7.05. The van der Waals surface area contributed by atoms with E-state index in [-0.39, 0.29) is 0 Å². The number of furan rings is 1. The van der Waals surface area contributed by atoms with Gasteiger partial charge in [-0.15, -0.1) is 0 Å². The van der Waals surface area contributed by atoms with Gasteiger partial charge in [-0.3, -0.25) is 0 Å². The molecule has 264 valence electrons. The predicted octanol–water partition coefficient (Wildman–Crippen LogP) is 14.8. The minimum Gasteiger partial charge on any atom is -0.456 e. The van der Waals surface area contributed by atoms with Gasteiger partial charge in [-0.05, 0) is 102 Å². The number of nitrogens with zero attached hydrogens (tertiary/aromatic N) is 3. The number of benzene rings is 9. The minimum absolute atomic E-state index is 0.870. The summed E-state index contributed by atoms with van der Waals surface area (Å²) in [6, 6.07) is 75.6. The van der Waals surface area contributed by atoms with E-state index in [4.69, 9.17) is 4.42 Å². The topological polar surface area (TPSA) is 24.6 Å². The Labute approximate surface area is 324 Å². The fourth-order valence-corrected chi connectivity index (χ4v) is 8.48. The van der Waals surface area contributed by atoms with Crippen molar-refractivity contribution in [2.45, 2.75) is 0 Å². The molecule has 11 rings (SSSR count). The lowest BCUT2D eigenvalue weighted by molar-refractivity contribution is 0.669. The smallest absolute Gasteiger partial charge is 0.136 e. The molecule has 0 N–H and O–H groups in total. The number of fused-ring (bicyclic) bond motifs is 8. The molecular formula is C52H35N3O. The summed E-state index contributed by atoms with van der Waals surface area (Å²) < 4.78 is 8.84. The van der Waals surface area contributed by atoms with E-state index in [0.29, 0.717) is 0 Å². The van der Waals surface area contributed by atoms with Crippen LogP contribution in [0, 0.1) is 0 Å². The first kappa shape index (κ1) is 31.9. The van der Waals surface area contributed by atoms with Gasteiger partial charge in [-0.2, -0.15) is 0 Å². The van der Waals surface area contributed by atoms with E-state index in [2.05, 4.69) is 227 Å². The Bertz CT molecular complexity index is 3200. The first-order valence-corrected chi connectivity index (χ1v) is 19.0. The Morgan fingerprint density at radius 1 is 0.339 bits per heavy atom. The fraction of sp³-hybridized carbons (Fsp3) is 0. The summed E-state index contributed by atoms with van der Waals surface area (Å²) in [6.45, 7) is 0. The van der Waals surface area contributed by atoms with Gasteiger partial charge in [-0.25, -0.2) is 0 Å². The Morgan fingerprint density at radius 3 is 1.59 bits per heavy atom. The molecule has 2 heterocycles. The van der Waals surface area contributed by atoms with Crippen LogP contribution in [0.1, 0.15) is 0 Å². The highest BCUT2D eigenvalue weighted by atomic mass is 16.3. The molecule has 4 nitrogen and oxygen atoms in total. The third-order valence-corrected chi connectivity index (χ3v) is 10.9. The van der Waals surface area contributed by atoms with Gasteiger partial charge in [-0.1, -0.05) is 121 Å². The molecule has 0 aliphatic rings. The quantitative estimate of drug-likeness (QED) is 0.164. The molecule has 4 heteroatoms. The molecule has 9 aromatic carbocycles. The third-order valence-electron chi connectivity index (χ3n) is 10.9. The number of rotatable bonds is 7. The summed E-state index contributed by atoms with van der Waals surface area (Å²) in [5.41, 5.74) is 11.5. The van der Waals surface area contributed by atoms with E-state index in [9.17, 15) is 0 Å². The summed E-state index contributed by atoms with van der Waals surface area (Å²) in [4.78, 5) is 4.76. The number of aromatic nitrogens is 1. The maximum Gasteiger partial charge on any atom is 0.136 e. The van der Waals surface area contributed by atoms with Gasteiger partial charge in [0.2, 0.25) is 0 Å². The predicted molar refractivity (Wildman–Crippen MR) is 235 cm³/mol. The molecule has 56 heavy (non-hydrogen) atoms. The number of hydrogen-bond acceptors (Lipinski definition) is 3. The minimum atomic E-state index is 0.870. The third kappa shape index (κ3) is 5.15. The average Bonchev–Trinajstić information content (AvgIpc) is 3.81. The zero-order valence-electron chi connectivity index (χ0n) is 30.5. The van der Waals surface area contributed by atoms with Gasteiger partial charge in [0, 0.05) is 50.0 Å². The zero-order valence-corrected chi connectivity index (χ0v) is 30.5. The highest BCUT2D eigenvalue weighted by molar-refractivity contribution is 6.19. The van der Waals surface area contributed by atoms with Crippen LogP contribution in [0.5, 0.6) is 0 Å². The summed E-state index contributed by atoms with van der Waals surface area (Å²) in [7, 11) is 0. The van der Waals surface area contributed by atoms with Crippen molar-refractivity contribution in [1.29, 1.82) is 0 Å². The molecule has 2 aromatic heterocycles. The second kappa shape index (κ2) is 13.1. The monoisotopic (exact) mass is 717 g/mol. The molecule has 0 saturated carbocycles. The lowest BCUT2D eigenvalue weighted by atomic mass is 10.0. The second-order valence-corrected chi connectivity index (χ2v) is 14.2. The zero-order chi connectivity index (χ0) is 37.0. The van der Waals surface area contributed by atoms with Gasteiger partial charge >= 0.3 is 0 Å². The molecule has 0 fully saturated rings. The molecular weight excluding hydrogens is 683 g/mol. The van der Waals surface area contributed by atoms with Crippen LogP contribution in [0.15, 0.2) is 217 Å². The standard InChI is InChI=1S/C52H35N3O/c1-4-17-37(18-5-1)53(40-30-33-50-45(34-40)52-42-23-11-10-16-36(42)28-32-51(52)56-50)47-26-14-15-27-48(47)54(38-19-6-2-7-20-38)41-29-31-44-43-24-12-13-25-46(43)55(49(44)35-41)39-21-8-3-9-22-39/h1-35H. The molecule has 0 radical (unpaired) electrons. The van der Waals surface area contributed by atoms with Crippen molar-refractivity contribution in [3.8, 4) is 5.69 Å². The maximum absolute atomic E-state index is 6.45. The molecule has 0 unspecified atom stereocenters. The van der Waals surface area contributed by atoms with Crippen molar-refractivity contribution in [1.82, 2.24) is 4.57 Å². The normalized spacial score (nSPS) is 11.6. The van der Waals surface area contributed by atoms with Gasteiger partial charge in [0.15, 0.2) is 0 Å². The van der Waals surface area contributed by atoms with Crippen molar-refractivity contribution in [3.05, 3.63) is 212 Å². The highest BCUT2D eigenvalue weighted by Gasteiger charge is 2.24. The van der Waals surface area contributed by atoms with Gasteiger partial charge in [0.05, 0.1) is 22.4 Å². The Balaban J connectivity index is 1.16. The van der Waals surface area contributed by atoms with Crippen molar-refractivity contribution in [2.24, 2.45) is 0 Å². The Hall–Kier alpha value is -7.56. The van der Waals surface area contributed by atoms with Crippen LogP contribution in [0.25, 0.3) is 60.2 Å². The highest BCUT2D eigenvalue weighted by Crippen LogP contribution is 2.48. The molecule has 0 saturated heterocycles. The second-order valence-electron chi connectivity index (χ2n) is 14.2. The largest absolute Gasteiger partial charge is 0.456 e. The maximum atomic E-state index is 6.45. The molecule has 0 amide bonds. The van der Waals surface area contributed by atoms with E-state index < -0.39 is 0 Å². The summed E-state index contributed by atoms with van der Waals surface area (Å²) in [5.74, 6) is 0. The van der Waals surface area contributed by atoms with Crippen LogP contribution in [-0.4, -0.2) is 4.57 Å². The average molecular weight is 718 g/mol. The lowest BCUT2D eigenvalue weighted by Gasteiger charge is -2.33. The molecule has 11 aromatic rings. The Kier molecular flexibility index (Phi) is 7.46. The fourth-order valence-electron chi connectivity index (χ4n) is 8.48. The van der Waals surface area contributed by atoms with E-state index >= 15 is 0 Å². The van der Waals surface area contributed by atoms with Gasteiger partial charge in [0.25, 0.3) is 0 Å². The van der Waals surface area contributed by atoms with Crippen LogP contribution in [-0.2, 0) is 0 Å². The molecule has 0 bridgehead atoms. The molecule has 0 spiro atoms. The van der Waals surface area contributed by atoms with E-state index in [1.807, 2.05) is 0 Å². The first-order valence-electron chi connectivity index (χ1n) is 19.0. The van der Waals surface area contributed by atoms with Crippen LogP contribution < -0.4 is 9.80 Å². The van der Waals surface area contributed by atoms with Gasteiger partial charge < -0.3 is 18.8 Å². The number of anilines is 6. The number of hydrogen-bond donors (Lipinski definition) is 0. The van der Waals surface area contributed by atoms with Crippen LogP contribution in [0.4, 0.5) is 34.1 Å². The van der Waals surface area contributed by atoms with Crippen molar-refractivity contribution in [2.75, 3.05) is 9.80 Å². The summed E-state index contributed by atoms with van der Waals surface area (Å²) in [6.07, 6.45) is 0. The molecule has 0 aliphatic heterocycles. The Morgan fingerprint density at radius 2 is 0.875 bits per heavy atom.